The molecule has 1 aromatic carbocycles. The molecule has 0 aliphatic carbocycles. The first-order valence-electron chi connectivity index (χ1n) is 9.75. The maximum Gasteiger partial charge on any atom is 0.418 e. The maximum absolute atomic E-state index is 13.2. The van der Waals surface area contributed by atoms with Crippen molar-refractivity contribution < 1.29 is 30.6 Å². The molecule has 0 amide bonds. The Labute approximate surface area is 133 Å². The first-order chi connectivity index (χ1) is 12.7. The van der Waals surface area contributed by atoms with Crippen molar-refractivity contribution in [2.45, 2.75) is 38.3 Å². The molecule has 0 heterocycles. The van der Waals surface area contributed by atoms with E-state index in [-0.39, 0.29) is 0 Å². The summed E-state index contributed by atoms with van der Waals surface area (Å²) >= 11 is 5.70. The van der Waals surface area contributed by atoms with Crippen molar-refractivity contribution in [3.8, 4) is 0 Å². The second-order valence-electron chi connectivity index (χ2n) is 4.09. The molecular weight excluding hydrogens is 293 g/mol. The molecule has 0 saturated heterocycles. The quantitative estimate of drug-likeness (QED) is 0.749. The van der Waals surface area contributed by atoms with Crippen LogP contribution in [0.4, 0.5) is 18.9 Å². The zero-order chi connectivity index (χ0) is 23.2. The van der Waals surface area contributed by atoms with Crippen LogP contribution in [-0.4, -0.2) is 17.3 Å². The van der Waals surface area contributed by atoms with Crippen LogP contribution in [0.2, 0.25) is 5.02 Å². The van der Waals surface area contributed by atoms with Crippen molar-refractivity contribution in [3.63, 3.8) is 0 Å². The maximum atomic E-state index is 13.2. The molecule has 20 heavy (non-hydrogen) atoms. The first kappa shape index (κ1) is 7.87. The minimum atomic E-state index is -4.97. The second-order valence-corrected chi connectivity index (χ2v) is 4.50. The van der Waals surface area contributed by atoms with E-state index in [1.807, 2.05) is 5.32 Å². The molecule has 0 saturated carbocycles. The van der Waals surface area contributed by atoms with E-state index in [9.17, 15) is 18.3 Å². The molecule has 0 radical (unpaired) electrons. The van der Waals surface area contributed by atoms with Crippen molar-refractivity contribution in [2.75, 3.05) is 12.3 Å². The lowest BCUT2D eigenvalue weighted by atomic mass is 9.99. The lowest BCUT2D eigenvalue weighted by molar-refractivity contribution is -0.137. The van der Waals surface area contributed by atoms with Gasteiger partial charge in [0.15, 0.2) is 0 Å². The summed E-state index contributed by atoms with van der Waals surface area (Å²) in [7, 11) is 0. The SMILES string of the molecule is [2H]C([2H])([2H])C(NC(CO)c1cc(Cl)c(N)c(C(F)(F)F)c1)(C([2H])([2H])[2H])C([2H])([2H])[2H]. The topological polar surface area (TPSA) is 58.3 Å². The summed E-state index contributed by atoms with van der Waals surface area (Å²) < 4.78 is 107. The van der Waals surface area contributed by atoms with Crippen LogP contribution in [0.15, 0.2) is 12.1 Å². The number of nitrogens with two attached hydrogens (primary N) is 1. The average Bonchev–Trinajstić information content (AvgIpc) is 2.45. The molecule has 3 nitrogen and oxygen atoms in total. The number of nitrogens with one attached hydrogen (secondary N) is 1. The Morgan fingerprint density at radius 2 is 2.00 bits per heavy atom. The van der Waals surface area contributed by atoms with Crippen LogP contribution in [0, 0.1) is 0 Å². The second kappa shape index (κ2) is 5.79. The van der Waals surface area contributed by atoms with Crippen LogP contribution in [0.25, 0.3) is 0 Å². The Morgan fingerprint density at radius 1 is 1.40 bits per heavy atom. The van der Waals surface area contributed by atoms with Gasteiger partial charge in [0.1, 0.15) is 0 Å². The standard InChI is InChI=1S/C13H18ClF3N2O/c1-12(2,3)19-10(6-20)7-4-8(13(15,16)17)11(18)9(14)5-7/h4-5,10,19-20H,6,18H2,1-3H3/i1D3,2D3,3D3. The Bertz CT molecular complexity index is 711. The molecule has 0 fully saturated rings. The molecule has 0 aliphatic rings. The fraction of sp³-hybridized carbons (Fsp3) is 0.538. The van der Waals surface area contributed by atoms with Gasteiger partial charge in [-0.2, -0.15) is 13.2 Å². The van der Waals surface area contributed by atoms with Crippen molar-refractivity contribution in [2.24, 2.45) is 0 Å². The summed E-state index contributed by atoms with van der Waals surface area (Å²) in [6, 6.07) is -0.558. The van der Waals surface area contributed by atoms with Gasteiger partial charge in [-0.15, -0.1) is 0 Å². The van der Waals surface area contributed by atoms with Crippen LogP contribution in [0.1, 0.15) is 50.1 Å². The molecule has 0 spiro atoms. The van der Waals surface area contributed by atoms with Gasteiger partial charge in [0.2, 0.25) is 0 Å². The Kier molecular flexibility index (Phi) is 2.28. The molecule has 1 aromatic rings. The number of aliphatic hydroxyl groups excluding tert-OH is 1. The number of nitrogen functional groups attached to an aromatic ring is 1. The van der Waals surface area contributed by atoms with E-state index in [2.05, 4.69) is 0 Å². The number of anilines is 1. The third-order valence-electron chi connectivity index (χ3n) is 2.43. The van der Waals surface area contributed by atoms with Crippen molar-refractivity contribution in [1.82, 2.24) is 5.32 Å². The number of halogens is 4. The lowest BCUT2D eigenvalue weighted by Gasteiger charge is -2.28. The zero-order valence-electron chi connectivity index (χ0n) is 19.0. The molecule has 1 rings (SSSR count). The molecule has 0 bridgehead atoms. The minimum Gasteiger partial charge on any atom is -0.397 e. The highest BCUT2D eigenvalue weighted by molar-refractivity contribution is 6.33. The van der Waals surface area contributed by atoms with Gasteiger partial charge in [-0.3, -0.25) is 0 Å². The van der Waals surface area contributed by atoms with Gasteiger partial charge < -0.3 is 16.2 Å². The van der Waals surface area contributed by atoms with Gasteiger partial charge in [-0.1, -0.05) is 11.6 Å². The van der Waals surface area contributed by atoms with Crippen molar-refractivity contribution in [3.05, 3.63) is 28.3 Å². The summed E-state index contributed by atoms with van der Waals surface area (Å²) in [5, 5.41) is 10.9. The molecule has 1 atom stereocenters. The third kappa shape index (κ3) is 4.26. The van der Waals surface area contributed by atoms with Crippen LogP contribution in [-0.2, 0) is 6.18 Å². The number of hydrogen-bond donors (Lipinski definition) is 3. The number of rotatable bonds is 3. The highest BCUT2D eigenvalue weighted by Gasteiger charge is 2.35. The highest BCUT2D eigenvalue weighted by atomic mass is 35.5. The van der Waals surface area contributed by atoms with Crippen molar-refractivity contribution >= 4 is 17.3 Å². The Balaban J connectivity index is 3.72. The Hall–Kier alpha value is -0.980. The van der Waals surface area contributed by atoms with Crippen LogP contribution in [0.3, 0.4) is 0 Å². The smallest absolute Gasteiger partial charge is 0.397 e. The predicted molar refractivity (Wildman–Crippen MR) is 73.6 cm³/mol. The Morgan fingerprint density at radius 3 is 2.45 bits per heavy atom. The van der Waals surface area contributed by atoms with Gasteiger partial charge in [0.25, 0.3) is 0 Å². The number of benzene rings is 1. The van der Waals surface area contributed by atoms with E-state index in [1.54, 1.807) is 0 Å². The molecular formula is C13H18ClF3N2O. The summed E-state index contributed by atoms with van der Waals surface area (Å²) in [6.45, 7) is -12.1. The minimum absolute atomic E-state index is 0.429. The van der Waals surface area contributed by atoms with Gasteiger partial charge in [-0.25, -0.2) is 0 Å². The molecule has 7 heteroatoms. The van der Waals surface area contributed by atoms with Gasteiger partial charge in [0, 0.05) is 17.9 Å². The van der Waals surface area contributed by atoms with Crippen LogP contribution < -0.4 is 11.1 Å². The summed E-state index contributed by atoms with van der Waals surface area (Å²) in [6.07, 6.45) is -4.97. The fourth-order valence-corrected chi connectivity index (χ4v) is 1.80. The highest BCUT2D eigenvalue weighted by Crippen LogP contribution is 2.39. The molecule has 0 aromatic heterocycles. The summed E-state index contributed by atoms with van der Waals surface area (Å²) in [4.78, 5) is 0. The van der Waals surface area contributed by atoms with E-state index in [0.29, 0.717) is 6.07 Å². The third-order valence-corrected chi connectivity index (χ3v) is 2.75. The predicted octanol–water partition coefficient (Wildman–Crippen LogP) is 3.36. The van der Waals surface area contributed by atoms with E-state index >= 15 is 0 Å². The summed E-state index contributed by atoms with van der Waals surface area (Å²) in [5.74, 6) is 0. The monoisotopic (exact) mass is 319 g/mol. The van der Waals surface area contributed by atoms with Crippen LogP contribution >= 0.6 is 11.6 Å². The molecule has 114 valence electrons. The molecule has 4 N–H and O–H groups in total. The normalized spacial score (nSPS) is 22.9. The number of hydrogen-bond acceptors (Lipinski definition) is 3. The molecule has 0 aliphatic heterocycles. The number of alkyl halides is 3. The van der Waals surface area contributed by atoms with E-state index in [4.69, 9.17) is 29.7 Å². The molecule has 1 unspecified atom stereocenters. The average molecular weight is 320 g/mol. The lowest BCUT2D eigenvalue weighted by Crippen LogP contribution is -2.40. The van der Waals surface area contributed by atoms with Gasteiger partial charge in [0.05, 0.1) is 28.9 Å². The first-order valence-corrected chi connectivity index (χ1v) is 5.63. The van der Waals surface area contributed by atoms with E-state index < -0.39 is 66.8 Å². The summed E-state index contributed by atoms with van der Waals surface area (Å²) in [5.41, 5.74) is -1.01. The van der Waals surface area contributed by atoms with Crippen LogP contribution in [0.5, 0.6) is 0 Å². The van der Waals surface area contributed by atoms with Crippen molar-refractivity contribution in [1.29, 1.82) is 0 Å². The fourth-order valence-electron chi connectivity index (χ4n) is 1.57. The van der Waals surface area contributed by atoms with Gasteiger partial charge >= 0.3 is 6.18 Å². The van der Waals surface area contributed by atoms with Gasteiger partial charge in [-0.05, 0) is 38.3 Å². The number of aliphatic hydroxyl groups is 1. The largest absolute Gasteiger partial charge is 0.418 e. The zero-order valence-corrected chi connectivity index (χ0v) is 10.7. The van der Waals surface area contributed by atoms with E-state index in [0.717, 1.165) is 6.07 Å². The van der Waals surface area contributed by atoms with E-state index in [1.165, 1.54) is 0 Å².